The summed E-state index contributed by atoms with van der Waals surface area (Å²) in [5.41, 5.74) is 1.23. The average Bonchev–Trinajstić information content (AvgIpc) is 3.24. The van der Waals surface area contributed by atoms with Gasteiger partial charge in [0.25, 0.3) is 0 Å². The Kier molecular flexibility index (Phi) is 6.25. The summed E-state index contributed by atoms with van der Waals surface area (Å²) in [4.78, 5) is 3.78. The van der Waals surface area contributed by atoms with Crippen molar-refractivity contribution < 1.29 is 9.47 Å². The van der Waals surface area contributed by atoms with E-state index in [4.69, 9.17) is 9.47 Å². The molecule has 1 saturated heterocycles. The topological polar surface area (TPSA) is 21.7 Å². The van der Waals surface area contributed by atoms with Crippen molar-refractivity contribution in [3.05, 3.63) is 54.1 Å². The Morgan fingerprint density at radius 2 is 1.85 bits per heavy atom. The zero-order chi connectivity index (χ0) is 18.5. The molecule has 0 aliphatic carbocycles. The van der Waals surface area contributed by atoms with Crippen molar-refractivity contribution in [3.8, 4) is 11.5 Å². The third kappa shape index (κ3) is 4.61. The fourth-order valence-corrected chi connectivity index (χ4v) is 5.12. The average molecular weight is 384 g/mol. The van der Waals surface area contributed by atoms with Crippen LogP contribution in [0.2, 0.25) is 0 Å². The van der Waals surface area contributed by atoms with E-state index < -0.39 is 0 Å². The van der Waals surface area contributed by atoms with E-state index in [0.29, 0.717) is 5.25 Å². The first-order chi connectivity index (χ1) is 13.3. The first kappa shape index (κ1) is 18.7. The monoisotopic (exact) mass is 383 g/mol. The number of likely N-dealkylation sites (tertiary alicyclic amines) is 1. The number of rotatable bonds is 7. The number of hydrogen-bond donors (Lipinski definition) is 0. The minimum absolute atomic E-state index is 0.0964. The van der Waals surface area contributed by atoms with Gasteiger partial charge in [0.1, 0.15) is 17.6 Å². The van der Waals surface area contributed by atoms with Gasteiger partial charge in [0.2, 0.25) is 0 Å². The number of ether oxygens (including phenoxy) is 2. The second-order valence-corrected chi connectivity index (χ2v) is 8.65. The third-order valence-electron chi connectivity index (χ3n) is 5.42. The van der Waals surface area contributed by atoms with Gasteiger partial charge in [0.05, 0.1) is 11.9 Å². The predicted molar refractivity (Wildman–Crippen MR) is 112 cm³/mol. The molecule has 0 amide bonds. The zero-order valence-electron chi connectivity index (χ0n) is 16.1. The van der Waals surface area contributed by atoms with Crippen LogP contribution in [-0.2, 0) is 0 Å². The first-order valence-electron chi connectivity index (χ1n) is 10.2. The SMILES string of the molecule is CC[C@H]1Sc2ccccc2O[C@@H]1c1ccc(OCCCN2CCCC2)cc1. The Morgan fingerprint density at radius 3 is 2.63 bits per heavy atom. The van der Waals surface area contributed by atoms with E-state index in [1.165, 1.54) is 36.4 Å². The molecule has 2 aromatic carbocycles. The van der Waals surface area contributed by atoms with Crippen LogP contribution in [0, 0.1) is 0 Å². The van der Waals surface area contributed by atoms with Crippen molar-refractivity contribution in [2.24, 2.45) is 0 Å². The van der Waals surface area contributed by atoms with Crippen molar-refractivity contribution in [3.63, 3.8) is 0 Å². The smallest absolute Gasteiger partial charge is 0.136 e. The number of fused-ring (bicyclic) bond motifs is 1. The molecule has 0 N–H and O–H groups in total. The van der Waals surface area contributed by atoms with Crippen LogP contribution < -0.4 is 9.47 Å². The molecular weight excluding hydrogens is 354 g/mol. The second kappa shape index (κ2) is 9.03. The number of thioether (sulfide) groups is 1. The molecule has 2 aliphatic rings. The molecule has 27 heavy (non-hydrogen) atoms. The van der Waals surface area contributed by atoms with Crippen molar-refractivity contribution in [1.82, 2.24) is 4.90 Å². The minimum Gasteiger partial charge on any atom is -0.494 e. The quantitative estimate of drug-likeness (QED) is 0.584. The fourth-order valence-electron chi connectivity index (χ4n) is 3.90. The number of hydrogen-bond acceptors (Lipinski definition) is 4. The van der Waals surface area contributed by atoms with E-state index in [-0.39, 0.29) is 6.10 Å². The van der Waals surface area contributed by atoms with E-state index in [2.05, 4.69) is 54.3 Å². The highest BCUT2D eigenvalue weighted by molar-refractivity contribution is 8.00. The van der Waals surface area contributed by atoms with Crippen LogP contribution in [0.25, 0.3) is 0 Å². The van der Waals surface area contributed by atoms with Crippen LogP contribution in [0.3, 0.4) is 0 Å². The Morgan fingerprint density at radius 1 is 1.07 bits per heavy atom. The molecule has 1 fully saturated rings. The second-order valence-electron chi connectivity index (χ2n) is 7.37. The van der Waals surface area contributed by atoms with Gasteiger partial charge < -0.3 is 14.4 Å². The minimum atomic E-state index is 0.0964. The Labute approximate surface area is 167 Å². The van der Waals surface area contributed by atoms with Gasteiger partial charge >= 0.3 is 0 Å². The summed E-state index contributed by atoms with van der Waals surface area (Å²) in [5.74, 6) is 1.96. The van der Waals surface area contributed by atoms with E-state index >= 15 is 0 Å². The maximum atomic E-state index is 6.35. The highest BCUT2D eigenvalue weighted by atomic mass is 32.2. The Balaban J connectivity index is 1.34. The van der Waals surface area contributed by atoms with Gasteiger partial charge in [-0.25, -0.2) is 0 Å². The van der Waals surface area contributed by atoms with Crippen LogP contribution in [0.4, 0.5) is 0 Å². The van der Waals surface area contributed by atoms with Crippen molar-refractivity contribution in [1.29, 1.82) is 0 Å². The summed E-state index contributed by atoms with van der Waals surface area (Å²) in [5, 5.41) is 0.437. The largest absolute Gasteiger partial charge is 0.494 e. The van der Waals surface area contributed by atoms with Gasteiger partial charge in [0.15, 0.2) is 0 Å². The van der Waals surface area contributed by atoms with Crippen LogP contribution in [0.5, 0.6) is 11.5 Å². The summed E-state index contributed by atoms with van der Waals surface area (Å²) < 4.78 is 12.3. The van der Waals surface area contributed by atoms with E-state index in [1.807, 2.05) is 17.8 Å². The zero-order valence-corrected chi connectivity index (χ0v) is 16.9. The summed E-state index contributed by atoms with van der Waals surface area (Å²) in [6.45, 7) is 6.70. The lowest BCUT2D eigenvalue weighted by atomic mass is 10.0. The Hall–Kier alpha value is -1.65. The van der Waals surface area contributed by atoms with Crippen LogP contribution in [0.1, 0.15) is 44.3 Å². The summed E-state index contributed by atoms with van der Waals surface area (Å²) >= 11 is 1.93. The molecule has 0 radical (unpaired) electrons. The lowest BCUT2D eigenvalue weighted by molar-refractivity contribution is 0.188. The molecule has 0 unspecified atom stereocenters. The molecule has 2 aromatic rings. The fraction of sp³-hybridized carbons (Fsp3) is 0.478. The predicted octanol–water partition coefficient (Wildman–Crippen LogP) is 5.56. The van der Waals surface area contributed by atoms with Crippen LogP contribution in [0.15, 0.2) is 53.4 Å². The maximum Gasteiger partial charge on any atom is 0.136 e. The molecule has 0 aromatic heterocycles. The molecule has 2 aliphatic heterocycles. The third-order valence-corrected chi connectivity index (χ3v) is 6.89. The van der Waals surface area contributed by atoms with Crippen molar-refractivity contribution in [2.45, 2.75) is 48.9 Å². The molecule has 144 valence electrons. The van der Waals surface area contributed by atoms with E-state index in [9.17, 15) is 0 Å². The van der Waals surface area contributed by atoms with Crippen molar-refractivity contribution in [2.75, 3.05) is 26.2 Å². The van der Waals surface area contributed by atoms with Crippen LogP contribution in [-0.4, -0.2) is 36.4 Å². The lowest BCUT2D eigenvalue weighted by Crippen LogP contribution is -2.24. The van der Waals surface area contributed by atoms with Gasteiger partial charge in [-0.1, -0.05) is 31.2 Å². The molecule has 0 saturated carbocycles. The van der Waals surface area contributed by atoms with E-state index in [0.717, 1.165) is 37.5 Å². The highest BCUT2D eigenvalue weighted by Crippen LogP contribution is 2.46. The Bertz CT molecular complexity index is 727. The molecule has 4 rings (SSSR count). The molecule has 4 heteroatoms. The lowest BCUT2D eigenvalue weighted by Gasteiger charge is -2.33. The maximum absolute atomic E-state index is 6.35. The molecule has 0 bridgehead atoms. The highest BCUT2D eigenvalue weighted by Gasteiger charge is 2.30. The van der Waals surface area contributed by atoms with Gasteiger partial charge in [-0.15, -0.1) is 11.8 Å². The summed E-state index contributed by atoms with van der Waals surface area (Å²) in [6.07, 6.45) is 4.98. The normalized spacial score (nSPS) is 22.3. The number of nitrogens with zero attached hydrogens (tertiary/aromatic N) is 1. The number of benzene rings is 2. The summed E-state index contributed by atoms with van der Waals surface area (Å²) in [7, 11) is 0. The molecule has 2 heterocycles. The standard InChI is InChI=1S/C23H29NO2S/c1-2-21-23(26-20-8-3-4-9-22(20)27-21)18-10-12-19(13-11-18)25-17-7-16-24-14-5-6-15-24/h3-4,8-13,21,23H,2,5-7,14-17H2,1H3/t21-,23-/m1/s1. The van der Waals surface area contributed by atoms with Gasteiger partial charge in [-0.3, -0.25) is 0 Å². The van der Waals surface area contributed by atoms with Gasteiger partial charge in [0, 0.05) is 11.4 Å². The summed E-state index contributed by atoms with van der Waals surface area (Å²) in [6, 6.07) is 16.9. The van der Waals surface area contributed by atoms with Crippen molar-refractivity contribution >= 4 is 11.8 Å². The molecule has 2 atom stereocenters. The van der Waals surface area contributed by atoms with E-state index in [1.54, 1.807) is 0 Å². The van der Waals surface area contributed by atoms with Gasteiger partial charge in [-0.2, -0.15) is 0 Å². The molecular formula is C23H29NO2S. The molecule has 3 nitrogen and oxygen atoms in total. The van der Waals surface area contributed by atoms with Crippen LogP contribution >= 0.6 is 11.8 Å². The molecule has 0 spiro atoms. The van der Waals surface area contributed by atoms with Gasteiger partial charge in [-0.05, 0) is 68.6 Å². The number of para-hydroxylation sites is 1. The first-order valence-corrected chi connectivity index (χ1v) is 11.1.